The number of alkyl halides is 1. The molecule has 82 valence electrons. The van der Waals surface area contributed by atoms with Crippen molar-refractivity contribution in [2.45, 2.75) is 5.33 Å². The third kappa shape index (κ3) is 2.14. The van der Waals surface area contributed by atoms with Crippen LogP contribution in [-0.4, -0.2) is 0 Å². The smallest absolute Gasteiger partial charge is 0.166 e. The summed E-state index contributed by atoms with van der Waals surface area (Å²) in [6.07, 6.45) is 0. The van der Waals surface area contributed by atoms with E-state index < -0.39 is 11.6 Å². The molecular weight excluding hydrogens is 274 g/mol. The second kappa shape index (κ2) is 4.74. The average molecular weight is 283 g/mol. The molecule has 3 heteroatoms. The summed E-state index contributed by atoms with van der Waals surface area (Å²) in [7, 11) is 0. The van der Waals surface area contributed by atoms with Gasteiger partial charge in [0.25, 0.3) is 0 Å². The molecule has 0 nitrogen and oxygen atoms in total. The average Bonchev–Trinajstić information content (AvgIpc) is 2.33. The lowest BCUT2D eigenvalue weighted by Crippen LogP contribution is -1.89. The molecule has 0 aliphatic rings. The molecule has 0 radical (unpaired) electrons. The lowest BCUT2D eigenvalue weighted by Gasteiger charge is -2.04. The predicted octanol–water partition coefficient (Wildman–Crippen LogP) is 4.53. The molecular formula is C13H9BrF2. The van der Waals surface area contributed by atoms with Crippen molar-refractivity contribution in [2.24, 2.45) is 0 Å². The van der Waals surface area contributed by atoms with E-state index in [1.165, 1.54) is 6.07 Å². The Bertz CT molecular complexity index is 492. The van der Waals surface area contributed by atoms with E-state index in [9.17, 15) is 8.78 Å². The maximum Gasteiger partial charge on any atom is 0.166 e. The Labute approximate surface area is 101 Å². The summed E-state index contributed by atoms with van der Waals surface area (Å²) in [6, 6.07) is 11.5. The minimum Gasteiger partial charge on any atom is -0.204 e. The maximum absolute atomic E-state index is 13.5. The molecule has 2 aromatic rings. The van der Waals surface area contributed by atoms with Crippen molar-refractivity contribution >= 4 is 15.9 Å². The van der Waals surface area contributed by atoms with Crippen LogP contribution in [0.3, 0.4) is 0 Å². The molecule has 0 aliphatic heterocycles. The summed E-state index contributed by atoms with van der Waals surface area (Å²) in [5.41, 5.74) is 2.07. The minimum atomic E-state index is -0.818. The summed E-state index contributed by atoms with van der Waals surface area (Å²) < 4.78 is 26.5. The molecule has 0 saturated carbocycles. The van der Waals surface area contributed by atoms with E-state index in [1.807, 2.05) is 12.1 Å². The van der Waals surface area contributed by atoms with Gasteiger partial charge in [-0.1, -0.05) is 52.3 Å². The standard InChI is InChI=1S/C13H9BrF2/c14-8-9-4-6-10(7-5-9)11-2-1-3-12(15)13(11)16/h1-7H,8H2. The predicted molar refractivity (Wildman–Crippen MR) is 64.4 cm³/mol. The highest BCUT2D eigenvalue weighted by Crippen LogP contribution is 2.24. The van der Waals surface area contributed by atoms with Crippen molar-refractivity contribution in [2.75, 3.05) is 0 Å². The van der Waals surface area contributed by atoms with Gasteiger partial charge in [0.1, 0.15) is 0 Å². The van der Waals surface area contributed by atoms with Crippen LogP contribution in [0.5, 0.6) is 0 Å². The first-order chi connectivity index (χ1) is 7.72. The number of rotatable bonds is 2. The first-order valence-corrected chi connectivity index (χ1v) is 5.94. The monoisotopic (exact) mass is 282 g/mol. The highest BCUT2D eigenvalue weighted by atomic mass is 79.9. The van der Waals surface area contributed by atoms with Crippen LogP contribution < -0.4 is 0 Å². The summed E-state index contributed by atoms with van der Waals surface area (Å²) in [6.45, 7) is 0. The van der Waals surface area contributed by atoms with E-state index in [2.05, 4.69) is 15.9 Å². The van der Waals surface area contributed by atoms with Crippen molar-refractivity contribution in [3.05, 3.63) is 59.7 Å². The fourth-order valence-electron chi connectivity index (χ4n) is 1.50. The molecule has 0 N–H and O–H groups in total. The Hall–Kier alpha value is -1.22. The third-order valence-corrected chi connectivity index (χ3v) is 3.02. The van der Waals surface area contributed by atoms with Crippen molar-refractivity contribution in [1.29, 1.82) is 0 Å². The first-order valence-electron chi connectivity index (χ1n) is 4.81. The second-order valence-electron chi connectivity index (χ2n) is 3.43. The topological polar surface area (TPSA) is 0 Å². The molecule has 0 heterocycles. The fraction of sp³-hybridized carbons (Fsp3) is 0.0769. The first kappa shape index (κ1) is 11.3. The molecule has 2 aromatic carbocycles. The largest absolute Gasteiger partial charge is 0.204 e. The SMILES string of the molecule is Fc1cccc(-c2ccc(CBr)cc2)c1F. The van der Waals surface area contributed by atoms with Gasteiger partial charge in [-0.25, -0.2) is 8.78 Å². The lowest BCUT2D eigenvalue weighted by atomic mass is 10.0. The molecule has 16 heavy (non-hydrogen) atoms. The lowest BCUT2D eigenvalue weighted by molar-refractivity contribution is 0.511. The van der Waals surface area contributed by atoms with Crippen molar-refractivity contribution in [3.63, 3.8) is 0 Å². The quantitative estimate of drug-likeness (QED) is 0.710. The molecule has 0 bridgehead atoms. The molecule has 0 amide bonds. The van der Waals surface area contributed by atoms with Crippen LogP contribution in [0.1, 0.15) is 5.56 Å². The van der Waals surface area contributed by atoms with E-state index in [1.54, 1.807) is 18.2 Å². The van der Waals surface area contributed by atoms with E-state index in [4.69, 9.17) is 0 Å². The van der Waals surface area contributed by atoms with Gasteiger partial charge in [-0.05, 0) is 17.2 Å². The molecule has 2 rings (SSSR count). The number of hydrogen-bond donors (Lipinski definition) is 0. The highest BCUT2D eigenvalue weighted by molar-refractivity contribution is 9.08. The molecule has 0 unspecified atom stereocenters. The number of benzene rings is 2. The van der Waals surface area contributed by atoms with Crippen LogP contribution in [0.25, 0.3) is 11.1 Å². The molecule has 0 saturated heterocycles. The van der Waals surface area contributed by atoms with Gasteiger partial charge < -0.3 is 0 Å². The number of hydrogen-bond acceptors (Lipinski definition) is 0. The summed E-state index contributed by atoms with van der Waals surface area (Å²) in [5, 5.41) is 0.749. The second-order valence-corrected chi connectivity index (χ2v) is 3.99. The van der Waals surface area contributed by atoms with E-state index >= 15 is 0 Å². The normalized spacial score (nSPS) is 10.4. The van der Waals surface area contributed by atoms with Crippen molar-refractivity contribution in [1.82, 2.24) is 0 Å². The summed E-state index contributed by atoms with van der Waals surface area (Å²) in [4.78, 5) is 0. The molecule has 0 spiro atoms. The van der Waals surface area contributed by atoms with Crippen molar-refractivity contribution in [3.8, 4) is 11.1 Å². The van der Waals surface area contributed by atoms with Crippen LogP contribution in [0.15, 0.2) is 42.5 Å². The Morgan fingerprint density at radius 1 is 0.938 bits per heavy atom. The maximum atomic E-state index is 13.5. The molecule has 0 aromatic heterocycles. The van der Waals surface area contributed by atoms with Gasteiger partial charge in [-0.3, -0.25) is 0 Å². The van der Waals surface area contributed by atoms with E-state index in [0.717, 1.165) is 17.0 Å². The summed E-state index contributed by atoms with van der Waals surface area (Å²) >= 11 is 3.33. The van der Waals surface area contributed by atoms with Crippen LogP contribution in [0.4, 0.5) is 8.78 Å². The minimum absolute atomic E-state index is 0.293. The Morgan fingerprint density at radius 2 is 1.62 bits per heavy atom. The highest BCUT2D eigenvalue weighted by Gasteiger charge is 2.08. The van der Waals surface area contributed by atoms with E-state index in [0.29, 0.717) is 11.1 Å². The van der Waals surface area contributed by atoms with Crippen LogP contribution in [0, 0.1) is 11.6 Å². The van der Waals surface area contributed by atoms with Gasteiger partial charge in [0.05, 0.1) is 0 Å². The number of halogens is 3. The van der Waals surface area contributed by atoms with Gasteiger partial charge in [-0.2, -0.15) is 0 Å². The van der Waals surface area contributed by atoms with Gasteiger partial charge in [-0.15, -0.1) is 0 Å². The Morgan fingerprint density at radius 3 is 2.25 bits per heavy atom. The van der Waals surface area contributed by atoms with Crippen LogP contribution in [0.2, 0.25) is 0 Å². The zero-order valence-electron chi connectivity index (χ0n) is 8.38. The zero-order chi connectivity index (χ0) is 11.5. The summed E-state index contributed by atoms with van der Waals surface area (Å²) in [5.74, 6) is -1.61. The third-order valence-electron chi connectivity index (χ3n) is 2.37. The van der Waals surface area contributed by atoms with Gasteiger partial charge >= 0.3 is 0 Å². The van der Waals surface area contributed by atoms with Gasteiger partial charge in [0, 0.05) is 10.9 Å². The van der Waals surface area contributed by atoms with Gasteiger partial charge in [0.2, 0.25) is 0 Å². The Balaban J connectivity index is 2.46. The van der Waals surface area contributed by atoms with Crippen LogP contribution >= 0.6 is 15.9 Å². The molecule has 0 aliphatic carbocycles. The zero-order valence-corrected chi connectivity index (χ0v) is 9.97. The fourth-order valence-corrected chi connectivity index (χ4v) is 1.87. The Kier molecular flexibility index (Phi) is 3.34. The van der Waals surface area contributed by atoms with Crippen molar-refractivity contribution < 1.29 is 8.78 Å². The molecule has 0 atom stereocenters. The van der Waals surface area contributed by atoms with Crippen LogP contribution in [-0.2, 0) is 5.33 Å². The van der Waals surface area contributed by atoms with E-state index in [-0.39, 0.29) is 0 Å². The molecule has 0 fully saturated rings. The van der Waals surface area contributed by atoms with Gasteiger partial charge in [0.15, 0.2) is 11.6 Å².